The Balaban J connectivity index is 1.99. The molecule has 0 radical (unpaired) electrons. The Morgan fingerprint density at radius 3 is 2.52 bits per heavy atom. The maximum absolute atomic E-state index is 11.8. The number of fused-ring (bicyclic) bond motifs is 3. The number of hydrogen-bond donors (Lipinski definition) is 0. The summed E-state index contributed by atoms with van der Waals surface area (Å²) in [6.45, 7) is 3.71. The van der Waals surface area contributed by atoms with Gasteiger partial charge in [0.15, 0.2) is 11.8 Å². The van der Waals surface area contributed by atoms with Crippen LogP contribution in [-0.4, -0.2) is 16.7 Å². The zero-order chi connectivity index (χ0) is 18.8. The van der Waals surface area contributed by atoms with Gasteiger partial charge in [-0.1, -0.05) is 72.6 Å². The molecule has 132 valence electrons. The molecule has 1 aliphatic heterocycles. The van der Waals surface area contributed by atoms with Gasteiger partial charge in [0.25, 0.3) is 0 Å². The fraction of sp³-hybridized carbons (Fsp3) is 0.174. The number of aryl methyl sites for hydroxylation is 1. The second-order valence-electron chi connectivity index (χ2n) is 6.35. The molecule has 1 atom stereocenters. The van der Waals surface area contributed by atoms with E-state index in [0.717, 1.165) is 33.7 Å². The Hall–Kier alpha value is -3.45. The van der Waals surface area contributed by atoms with Crippen molar-refractivity contribution in [1.29, 1.82) is 0 Å². The predicted octanol–water partition coefficient (Wildman–Crippen LogP) is 4.52. The van der Waals surface area contributed by atoms with Gasteiger partial charge in [-0.2, -0.15) is 0 Å². The number of benzene rings is 2. The second-order valence-corrected chi connectivity index (χ2v) is 6.35. The van der Waals surface area contributed by atoms with Gasteiger partial charge in [0.1, 0.15) is 0 Å². The van der Waals surface area contributed by atoms with Crippen LogP contribution in [0.15, 0.2) is 64.1 Å². The molecule has 0 N–H and O–H groups in total. The van der Waals surface area contributed by atoms with E-state index < -0.39 is 6.04 Å². The smallest absolute Gasteiger partial charge is 0.205 e. The lowest BCUT2D eigenvalue weighted by Gasteiger charge is -2.10. The average Bonchev–Trinajstić information content (AvgIpc) is 3.03. The summed E-state index contributed by atoms with van der Waals surface area (Å²) in [4.78, 5) is 16.7. The number of aromatic nitrogens is 1. The molecule has 2 heterocycles. The van der Waals surface area contributed by atoms with Crippen molar-refractivity contribution in [2.24, 2.45) is 4.99 Å². The standard InChI is InChI=1S/C23H18N2O2/c1-3-17(26)13-14-20-23-21(15(2)25-27-23)18-11-7-8-12-19(18)22(24-20)16-9-5-4-6-10-16/h4-12,20H,3H2,1-2H3/t20-/m0/s1. The molecule has 0 bridgehead atoms. The lowest BCUT2D eigenvalue weighted by Crippen LogP contribution is -2.05. The number of Topliss-reactive ketones (excluding diaryl/α,β-unsaturated/α-hetero) is 1. The zero-order valence-corrected chi connectivity index (χ0v) is 15.2. The van der Waals surface area contributed by atoms with Crippen molar-refractivity contribution >= 4 is 11.5 Å². The van der Waals surface area contributed by atoms with Crippen molar-refractivity contribution in [2.75, 3.05) is 0 Å². The highest BCUT2D eigenvalue weighted by atomic mass is 16.5. The molecular formula is C23H18N2O2. The number of ketones is 1. The second kappa shape index (κ2) is 7.05. The van der Waals surface area contributed by atoms with Gasteiger partial charge < -0.3 is 4.52 Å². The van der Waals surface area contributed by atoms with E-state index in [2.05, 4.69) is 17.0 Å². The average molecular weight is 354 g/mol. The normalized spacial score (nSPS) is 14.9. The molecule has 4 heteroatoms. The van der Waals surface area contributed by atoms with Gasteiger partial charge in [-0.05, 0) is 18.4 Å². The van der Waals surface area contributed by atoms with Crippen molar-refractivity contribution in [2.45, 2.75) is 26.3 Å². The van der Waals surface area contributed by atoms with Crippen LogP contribution in [0.1, 0.15) is 42.0 Å². The first kappa shape index (κ1) is 17.0. The van der Waals surface area contributed by atoms with Crippen LogP contribution in [0.5, 0.6) is 0 Å². The van der Waals surface area contributed by atoms with Crippen LogP contribution in [-0.2, 0) is 4.79 Å². The molecule has 1 aliphatic rings. The number of aliphatic imine (C=N–C) groups is 1. The van der Waals surface area contributed by atoms with Crippen LogP contribution < -0.4 is 0 Å². The zero-order valence-electron chi connectivity index (χ0n) is 15.2. The molecule has 4 nitrogen and oxygen atoms in total. The summed E-state index contributed by atoms with van der Waals surface area (Å²) in [5.41, 5.74) is 5.54. The van der Waals surface area contributed by atoms with Gasteiger partial charge in [-0.15, -0.1) is 0 Å². The van der Waals surface area contributed by atoms with Gasteiger partial charge in [0.2, 0.25) is 5.78 Å². The lowest BCUT2D eigenvalue weighted by molar-refractivity contribution is -0.113. The highest BCUT2D eigenvalue weighted by molar-refractivity contribution is 6.17. The summed E-state index contributed by atoms with van der Waals surface area (Å²) in [7, 11) is 0. The fourth-order valence-corrected chi connectivity index (χ4v) is 3.23. The SMILES string of the molecule is CCC(=O)C#C[C@@H]1N=C(c2ccccc2)c2ccccc2-c2c(C)noc21. The van der Waals surface area contributed by atoms with E-state index in [1.165, 1.54) is 0 Å². The summed E-state index contributed by atoms with van der Waals surface area (Å²) in [5.74, 6) is 6.16. The van der Waals surface area contributed by atoms with Crippen LogP contribution in [0, 0.1) is 18.8 Å². The molecule has 3 aromatic rings. The van der Waals surface area contributed by atoms with Crippen molar-refractivity contribution in [1.82, 2.24) is 5.16 Å². The maximum Gasteiger partial charge on any atom is 0.205 e. The van der Waals surface area contributed by atoms with Crippen molar-refractivity contribution in [3.05, 3.63) is 77.2 Å². The summed E-state index contributed by atoms with van der Waals surface area (Å²) in [6.07, 6.45) is 0.373. The van der Waals surface area contributed by atoms with Gasteiger partial charge in [0.05, 0.1) is 17.0 Å². The fourth-order valence-electron chi connectivity index (χ4n) is 3.23. The molecule has 0 aliphatic carbocycles. The molecule has 0 spiro atoms. The van der Waals surface area contributed by atoms with Gasteiger partial charge in [-0.25, -0.2) is 0 Å². The Bertz CT molecular complexity index is 1100. The lowest BCUT2D eigenvalue weighted by atomic mass is 9.93. The van der Waals surface area contributed by atoms with Crippen molar-refractivity contribution in [3.63, 3.8) is 0 Å². The number of nitrogens with zero attached hydrogens (tertiary/aromatic N) is 2. The minimum Gasteiger partial charge on any atom is -0.357 e. The number of hydrogen-bond acceptors (Lipinski definition) is 4. The van der Waals surface area contributed by atoms with Gasteiger partial charge in [-0.3, -0.25) is 9.79 Å². The van der Waals surface area contributed by atoms with Gasteiger partial charge >= 0.3 is 0 Å². The largest absolute Gasteiger partial charge is 0.357 e. The first-order valence-corrected chi connectivity index (χ1v) is 8.92. The Kier molecular flexibility index (Phi) is 4.43. The van der Waals surface area contributed by atoms with E-state index >= 15 is 0 Å². The number of rotatable bonds is 2. The van der Waals surface area contributed by atoms with E-state index in [-0.39, 0.29) is 5.78 Å². The quantitative estimate of drug-likeness (QED) is 0.502. The first-order valence-electron chi connectivity index (χ1n) is 8.92. The van der Waals surface area contributed by atoms with Crippen LogP contribution in [0.25, 0.3) is 11.1 Å². The van der Waals surface area contributed by atoms with E-state index in [4.69, 9.17) is 9.52 Å². The van der Waals surface area contributed by atoms with Crippen LogP contribution >= 0.6 is 0 Å². The third-order valence-electron chi connectivity index (χ3n) is 4.56. The number of carbonyl (C=O) groups excluding carboxylic acids is 1. The summed E-state index contributed by atoms with van der Waals surface area (Å²) < 4.78 is 5.62. The van der Waals surface area contributed by atoms with Crippen molar-refractivity contribution in [3.8, 4) is 23.0 Å². The molecule has 2 aromatic carbocycles. The maximum atomic E-state index is 11.8. The summed E-state index contributed by atoms with van der Waals surface area (Å²) >= 11 is 0. The predicted molar refractivity (Wildman–Crippen MR) is 105 cm³/mol. The Labute approximate surface area is 157 Å². The molecule has 0 amide bonds. The van der Waals surface area contributed by atoms with E-state index in [1.807, 2.05) is 61.5 Å². The molecular weight excluding hydrogens is 336 g/mol. The Morgan fingerprint density at radius 2 is 1.78 bits per heavy atom. The number of carbonyl (C=O) groups is 1. The molecule has 0 unspecified atom stereocenters. The Morgan fingerprint density at radius 1 is 1.07 bits per heavy atom. The third kappa shape index (κ3) is 3.09. The topological polar surface area (TPSA) is 55.5 Å². The molecule has 0 saturated heterocycles. The summed E-state index contributed by atoms with van der Waals surface area (Å²) in [5, 5.41) is 4.14. The monoisotopic (exact) mass is 354 g/mol. The van der Waals surface area contributed by atoms with Gasteiger partial charge in [0, 0.05) is 17.5 Å². The van der Waals surface area contributed by atoms with E-state index in [9.17, 15) is 4.79 Å². The highest BCUT2D eigenvalue weighted by Gasteiger charge is 2.29. The first-order chi connectivity index (χ1) is 13.2. The summed E-state index contributed by atoms with van der Waals surface area (Å²) in [6, 6.07) is 17.5. The van der Waals surface area contributed by atoms with E-state index in [1.54, 1.807) is 6.92 Å². The highest BCUT2D eigenvalue weighted by Crippen LogP contribution is 2.39. The van der Waals surface area contributed by atoms with Crippen LogP contribution in [0.3, 0.4) is 0 Å². The third-order valence-corrected chi connectivity index (χ3v) is 4.56. The van der Waals surface area contributed by atoms with E-state index in [0.29, 0.717) is 12.2 Å². The van der Waals surface area contributed by atoms with Crippen LogP contribution in [0.4, 0.5) is 0 Å². The molecule has 4 rings (SSSR count). The molecule has 0 saturated carbocycles. The van der Waals surface area contributed by atoms with Crippen molar-refractivity contribution < 1.29 is 9.32 Å². The minimum atomic E-state index is -0.584. The molecule has 0 fully saturated rings. The van der Waals surface area contributed by atoms with Crippen LogP contribution in [0.2, 0.25) is 0 Å². The molecule has 1 aromatic heterocycles. The molecule has 27 heavy (non-hydrogen) atoms. The minimum absolute atomic E-state index is 0.119.